The lowest BCUT2D eigenvalue weighted by Gasteiger charge is -2.18. The van der Waals surface area contributed by atoms with Gasteiger partial charge in [0.2, 0.25) is 0 Å². The molecule has 1 aromatic heterocycles. The van der Waals surface area contributed by atoms with Gasteiger partial charge in [0, 0.05) is 10.9 Å². The van der Waals surface area contributed by atoms with Crippen LogP contribution >= 0.6 is 11.3 Å². The van der Waals surface area contributed by atoms with Crippen molar-refractivity contribution in [3.8, 4) is 0 Å². The lowest BCUT2D eigenvalue weighted by Crippen LogP contribution is -2.27. The molecule has 1 fully saturated rings. The number of thiophene rings is 1. The molecule has 102 valence electrons. The van der Waals surface area contributed by atoms with Crippen molar-refractivity contribution in [3.63, 3.8) is 0 Å². The zero-order chi connectivity index (χ0) is 12.6. The molecule has 2 rings (SSSR count). The Bertz CT molecular complexity index is 304. The van der Waals surface area contributed by atoms with Crippen LogP contribution in [0.3, 0.4) is 0 Å². The fraction of sp³-hybridized carbons (Fsp3) is 0.733. The molecule has 0 radical (unpaired) electrons. The molecule has 2 heterocycles. The molecule has 1 unspecified atom stereocenters. The summed E-state index contributed by atoms with van der Waals surface area (Å²) in [5.41, 5.74) is 0. The fourth-order valence-corrected chi connectivity index (χ4v) is 3.55. The van der Waals surface area contributed by atoms with Gasteiger partial charge in [-0.1, -0.05) is 19.4 Å². The Morgan fingerprint density at radius 1 is 1.39 bits per heavy atom. The molecule has 1 N–H and O–H groups in total. The largest absolute Gasteiger partial charge is 0.309 e. The number of nitrogens with zero attached hydrogens (tertiary/aromatic N) is 1. The predicted molar refractivity (Wildman–Crippen MR) is 80.3 cm³/mol. The highest BCUT2D eigenvalue weighted by atomic mass is 32.1. The molecule has 1 atom stereocenters. The van der Waals surface area contributed by atoms with E-state index >= 15 is 0 Å². The van der Waals surface area contributed by atoms with Crippen molar-refractivity contribution in [2.75, 3.05) is 26.2 Å². The van der Waals surface area contributed by atoms with Crippen molar-refractivity contribution in [1.29, 1.82) is 0 Å². The molecule has 1 aliphatic rings. The monoisotopic (exact) mass is 266 g/mol. The molecule has 1 saturated heterocycles. The van der Waals surface area contributed by atoms with Gasteiger partial charge in [0.15, 0.2) is 0 Å². The summed E-state index contributed by atoms with van der Waals surface area (Å²) in [5, 5.41) is 5.92. The highest BCUT2D eigenvalue weighted by molar-refractivity contribution is 7.10. The van der Waals surface area contributed by atoms with E-state index in [1.807, 2.05) is 11.3 Å². The zero-order valence-corrected chi connectivity index (χ0v) is 12.3. The third-order valence-corrected chi connectivity index (χ3v) is 4.69. The summed E-state index contributed by atoms with van der Waals surface area (Å²) in [6.07, 6.45) is 6.60. The number of nitrogens with one attached hydrogen (secondary N) is 1. The summed E-state index contributed by atoms with van der Waals surface area (Å²) in [4.78, 5) is 4.10. The van der Waals surface area contributed by atoms with Crippen LogP contribution in [0.2, 0.25) is 0 Å². The van der Waals surface area contributed by atoms with Gasteiger partial charge in [0.05, 0.1) is 0 Å². The van der Waals surface area contributed by atoms with Gasteiger partial charge in [-0.05, 0) is 63.3 Å². The van der Waals surface area contributed by atoms with Gasteiger partial charge in [-0.25, -0.2) is 0 Å². The molecule has 0 saturated carbocycles. The van der Waals surface area contributed by atoms with Crippen LogP contribution < -0.4 is 5.32 Å². The van der Waals surface area contributed by atoms with Gasteiger partial charge < -0.3 is 10.2 Å². The minimum Gasteiger partial charge on any atom is -0.309 e. The van der Waals surface area contributed by atoms with Crippen molar-refractivity contribution in [2.45, 2.75) is 45.1 Å². The topological polar surface area (TPSA) is 15.3 Å². The van der Waals surface area contributed by atoms with E-state index in [1.54, 1.807) is 0 Å². The fourth-order valence-electron chi connectivity index (χ4n) is 2.71. The van der Waals surface area contributed by atoms with Crippen LogP contribution in [-0.2, 0) is 0 Å². The smallest absolute Gasteiger partial charge is 0.0414 e. The van der Waals surface area contributed by atoms with Crippen molar-refractivity contribution in [3.05, 3.63) is 22.4 Å². The second kappa shape index (κ2) is 7.93. The number of hydrogen-bond donors (Lipinski definition) is 1. The second-order valence-corrected chi connectivity index (χ2v) is 6.19. The van der Waals surface area contributed by atoms with Gasteiger partial charge in [0.25, 0.3) is 0 Å². The molecule has 0 bridgehead atoms. The van der Waals surface area contributed by atoms with Crippen molar-refractivity contribution >= 4 is 11.3 Å². The summed E-state index contributed by atoms with van der Waals surface area (Å²) in [6, 6.07) is 5.00. The first kappa shape index (κ1) is 14.0. The Kier molecular flexibility index (Phi) is 6.18. The first-order valence-corrected chi connectivity index (χ1v) is 8.27. The van der Waals surface area contributed by atoms with Crippen LogP contribution in [0, 0.1) is 0 Å². The molecule has 3 heteroatoms. The lowest BCUT2D eigenvalue weighted by atomic mass is 10.1. The predicted octanol–water partition coefficient (Wildman–Crippen LogP) is 3.66. The van der Waals surface area contributed by atoms with Gasteiger partial charge in [-0.3, -0.25) is 0 Å². The molecule has 0 aliphatic carbocycles. The molecule has 0 aromatic carbocycles. The Morgan fingerprint density at radius 2 is 2.22 bits per heavy atom. The Morgan fingerprint density at radius 3 is 2.89 bits per heavy atom. The van der Waals surface area contributed by atoms with Crippen molar-refractivity contribution < 1.29 is 0 Å². The van der Waals surface area contributed by atoms with Crippen LogP contribution in [0.5, 0.6) is 0 Å². The molecule has 0 spiro atoms. The van der Waals surface area contributed by atoms with E-state index < -0.39 is 0 Å². The normalized spacial score (nSPS) is 18.3. The molecule has 1 aromatic rings. The Balaban J connectivity index is 1.66. The highest BCUT2D eigenvalue weighted by Gasteiger charge is 2.12. The van der Waals surface area contributed by atoms with E-state index in [9.17, 15) is 0 Å². The van der Waals surface area contributed by atoms with Crippen LogP contribution in [0.1, 0.15) is 49.9 Å². The van der Waals surface area contributed by atoms with Crippen LogP contribution in [0.25, 0.3) is 0 Å². The van der Waals surface area contributed by atoms with E-state index in [4.69, 9.17) is 0 Å². The lowest BCUT2D eigenvalue weighted by molar-refractivity contribution is 0.326. The van der Waals surface area contributed by atoms with Crippen molar-refractivity contribution in [2.24, 2.45) is 0 Å². The first-order chi connectivity index (χ1) is 8.90. The Labute approximate surface area is 115 Å². The summed E-state index contributed by atoms with van der Waals surface area (Å²) >= 11 is 1.88. The summed E-state index contributed by atoms with van der Waals surface area (Å²) in [6.45, 7) is 7.34. The molecular formula is C15H26N2S. The number of likely N-dealkylation sites (tertiary alicyclic amines) is 1. The third-order valence-electron chi connectivity index (χ3n) is 3.70. The maximum atomic E-state index is 3.73. The van der Waals surface area contributed by atoms with E-state index in [0.717, 1.165) is 6.54 Å². The van der Waals surface area contributed by atoms with Crippen LogP contribution in [0.4, 0.5) is 0 Å². The van der Waals surface area contributed by atoms with Gasteiger partial charge >= 0.3 is 0 Å². The minimum absolute atomic E-state index is 0.577. The molecule has 2 nitrogen and oxygen atoms in total. The SMILES string of the molecule is CCCC(NCCCN1CCCC1)c1cccs1. The van der Waals surface area contributed by atoms with E-state index in [-0.39, 0.29) is 0 Å². The van der Waals surface area contributed by atoms with Gasteiger partial charge in [0.1, 0.15) is 0 Å². The third kappa shape index (κ3) is 4.38. The average Bonchev–Trinajstić information content (AvgIpc) is 3.05. The average molecular weight is 266 g/mol. The van der Waals surface area contributed by atoms with E-state index in [2.05, 4.69) is 34.7 Å². The maximum Gasteiger partial charge on any atom is 0.0414 e. The molecule has 18 heavy (non-hydrogen) atoms. The van der Waals surface area contributed by atoms with Gasteiger partial charge in [-0.2, -0.15) is 0 Å². The first-order valence-electron chi connectivity index (χ1n) is 7.39. The highest BCUT2D eigenvalue weighted by Crippen LogP contribution is 2.23. The molecule has 0 amide bonds. The van der Waals surface area contributed by atoms with Crippen molar-refractivity contribution in [1.82, 2.24) is 10.2 Å². The summed E-state index contributed by atoms with van der Waals surface area (Å²) in [7, 11) is 0. The van der Waals surface area contributed by atoms with Gasteiger partial charge in [-0.15, -0.1) is 11.3 Å². The molecule has 1 aliphatic heterocycles. The quantitative estimate of drug-likeness (QED) is 0.722. The van der Waals surface area contributed by atoms with E-state index in [0.29, 0.717) is 6.04 Å². The van der Waals surface area contributed by atoms with E-state index in [1.165, 1.54) is 56.6 Å². The van der Waals surface area contributed by atoms with Crippen LogP contribution in [0.15, 0.2) is 17.5 Å². The minimum atomic E-state index is 0.577. The zero-order valence-electron chi connectivity index (χ0n) is 11.5. The second-order valence-electron chi connectivity index (χ2n) is 5.21. The summed E-state index contributed by atoms with van der Waals surface area (Å²) in [5.74, 6) is 0. The standard InChI is InChI=1S/C15H26N2S/c1-2-7-14(15-8-5-13-18-15)16-9-6-12-17-10-3-4-11-17/h5,8,13-14,16H,2-4,6-7,9-12H2,1H3. The Hall–Kier alpha value is -0.380. The molecular weight excluding hydrogens is 240 g/mol. The van der Waals surface area contributed by atoms with Crippen LogP contribution in [-0.4, -0.2) is 31.1 Å². The maximum absolute atomic E-state index is 3.73. The number of rotatable bonds is 8. The summed E-state index contributed by atoms with van der Waals surface area (Å²) < 4.78 is 0. The number of hydrogen-bond acceptors (Lipinski definition) is 3.